The zero-order chi connectivity index (χ0) is 13.8. The van der Waals surface area contributed by atoms with Crippen LogP contribution in [0.3, 0.4) is 0 Å². The molecule has 0 aliphatic rings. The molecule has 0 bridgehead atoms. The van der Waals surface area contributed by atoms with Gasteiger partial charge in [0.1, 0.15) is 12.6 Å². The van der Waals surface area contributed by atoms with E-state index in [1.54, 1.807) is 21.1 Å². The first kappa shape index (κ1) is 16.8. The van der Waals surface area contributed by atoms with Gasteiger partial charge in [0.2, 0.25) is 11.8 Å². The van der Waals surface area contributed by atoms with Crippen LogP contribution in [0.5, 0.6) is 0 Å². The predicted molar refractivity (Wildman–Crippen MR) is 65.2 cm³/mol. The Kier molecular flexibility index (Phi) is 10.2. The summed E-state index contributed by atoms with van der Waals surface area (Å²) in [5, 5.41) is 5.15. The monoisotopic (exact) mass is 262 g/mol. The summed E-state index contributed by atoms with van der Waals surface area (Å²) in [4.78, 5) is 22.9. The highest BCUT2D eigenvalue weighted by atomic mass is 16.5. The van der Waals surface area contributed by atoms with Gasteiger partial charge in [-0.2, -0.15) is 0 Å². The van der Waals surface area contributed by atoms with Crippen molar-refractivity contribution in [3.8, 4) is 0 Å². The number of carbonyl (C=O) groups excluding carboxylic acids is 2. The Hall–Kier alpha value is -1.18. The number of amides is 2. The zero-order valence-electron chi connectivity index (χ0n) is 11.2. The molecule has 106 valence electrons. The normalized spacial score (nSPS) is 11.9. The van der Waals surface area contributed by atoms with Crippen molar-refractivity contribution in [2.24, 2.45) is 0 Å². The molecule has 0 fully saturated rings. The van der Waals surface area contributed by atoms with E-state index in [4.69, 9.17) is 14.2 Å². The van der Waals surface area contributed by atoms with Crippen LogP contribution in [0.25, 0.3) is 0 Å². The predicted octanol–water partition coefficient (Wildman–Crippen LogP) is -1.08. The highest BCUT2D eigenvalue weighted by molar-refractivity contribution is 5.87. The average Bonchev–Trinajstić information content (AvgIpc) is 2.34. The molecule has 0 aromatic carbocycles. The van der Waals surface area contributed by atoms with Gasteiger partial charge in [-0.25, -0.2) is 0 Å². The molecule has 7 nitrogen and oxygen atoms in total. The Morgan fingerprint density at radius 1 is 1.11 bits per heavy atom. The number of hydrogen-bond acceptors (Lipinski definition) is 5. The molecule has 7 heteroatoms. The summed E-state index contributed by atoms with van der Waals surface area (Å²) in [6, 6.07) is -0.597. The lowest BCUT2D eigenvalue weighted by molar-refractivity contribution is -0.131. The van der Waals surface area contributed by atoms with Crippen molar-refractivity contribution in [3.05, 3.63) is 0 Å². The van der Waals surface area contributed by atoms with E-state index in [0.717, 1.165) is 0 Å². The molecule has 18 heavy (non-hydrogen) atoms. The molecule has 0 rings (SSSR count). The lowest BCUT2D eigenvalue weighted by atomic mass is 10.3. The van der Waals surface area contributed by atoms with E-state index in [2.05, 4.69) is 10.6 Å². The van der Waals surface area contributed by atoms with Gasteiger partial charge in [0.15, 0.2) is 0 Å². The fourth-order valence-electron chi connectivity index (χ4n) is 1.09. The maximum absolute atomic E-state index is 11.5. The second-order valence-electron chi connectivity index (χ2n) is 3.62. The minimum atomic E-state index is -0.597. The molecule has 2 N–H and O–H groups in total. The smallest absolute Gasteiger partial charge is 0.246 e. The van der Waals surface area contributed by atoms with Gasteiger partial charge in [-0.15, -0.1) is 0 Å². The van der Waals surface area contributed by atoms with E-state index in [0.29, 0.717) is 26.4 Å². The summed E-state index contributed by atoms with van der Waals surface area (Å²) in [6.45, 7) is 3.15. The number of nitrogens with one attached hydrogen (secondary N) is 2. The summed E-state index contributed by atoms with van der Waals surface area (Å²) in [7, 11) is 3.10. The highest BCUT2D eigenvalue weighted by Crippen LogP contribution is 1.84. The van der Waals surface area contributed by atoms with Gasteiger partial charge in [0.25, 0.3) is 0 Å². The maximum Gasteiger partial charge on any atom is 0.246 e. The molecule has 0 aromatic heterocycles. The quantitative estimate of drug-likeness (QED) is 0.489. The zero-order valence-corrected chi connectivity index (χ0v) is 11.2. The van der Waals surface area contributed by atoms with Gasteiger partial charge in [-0.1, -0.05) is 0 Å². The van der Waals surface area contributed by atoms with E-state index >= 15 is 0 Å². The van der Waals surface area contributed by atoms with E-state index in [9.17, 15) is 9.59 Å². The van der Waals surface area contributed by atoms with Crippen LogP contribution in [0.15, 0.2) is 0 Å². The summed E-state index contributed by atoms with van der Waals surface area (Å²) in [6.07, 6.45) is 0. The molecule has 0 spiro atoms. The first-order valence-electron chi connectivity index (χ1n) is 5.74. The van der Waals surface area contributed by atoms with Crippen LogP contribution in [-0.4, -0.2) is 65.0 Å². The average molecular weight is 262 g/mol. The third-order valence-electron chi connectivity index (χ3n) is 2.04. The molecule has 0 aliphatic heterocycles. The van der Waals surface area contributed by atoms with Crippen LogP contribution < -0.4 is 10.6 Å². The molecule has 0 aromatic rings. The second-order valence-corrected chi connectivity index (χ2v) is 3.62. The number of methoxy groups -OCH3 is 2. The Morgan fingerprint density at radius 3 is 2.39 bits per heavy atom. The Morgan fingerprint density at radius 2 is 1.78 bits per heavy atom. The molecular weight excluding hydrogens is 240 g/mol. The topological polar surface area (TPSA) is 85.9 Å². The molecule has 0 heterocycles. The number of hydrogen-bond donors (Lipinski definition) is 2. The minimum absolute atomic E-state index is 0.0843. The second kappa shape index (κ2) is 10.9. The lowest BCUT2D eigenvalue weighted by Crippen LogP contribution is -2.46. The van der Waals surface area contributed by atoms with E-state index in [-0.39, 0.29) is 18.4 Å². The highest BCUT2D eigenvalue weighted by Gasteiger charge is 2.14. The Labute approximate surface area is 107 Å². The molecule has 0 saturated heterocycles. The van der Waals surface area contributed by atoms with E-state index in [1.165, 1.54) is 0 Å². The maximum atomic E-state index is 11.5. The Balaban J connectivity index is 3.68. The molecule has 0 aliphatic carbocycles. The van der Waals surface area contributed by atoms with Crippen molar-refractivity contribution in [2.45, 2.75) is 13.0 Å². The summed E-state index contributed by atoms with van der Waals surface area (Å²) in [5.41, 5.74) is 0. The van der Waals surface area contributed by atoms with Crippen LogP contribution in [0.2, 0.25) is 0 Å². The van der Waals surface area contributed by atoms with Crippen LogP contribution in [0, 0.1) is 0 Å². The molecule has 1 unspecified atom stereocenters. The fraction of sp³-hybridized carbons (Fsp3) is 0.818. The van der Waals surface area contributed by atoms with Crippen molar-refractivity contribution in [2.75, 3.05) is 47.2 Å². The van der Waals surface area contributed by atoms with E-state index in [1.807, 2.05) is 0 Å². The van der Waals surface area contributed by atoms with Crippen molar-refractivity contribution in [1.82, 2.24) is 10.6 Å². The Bertz CT molecular complexity index is 248. The largest absolute Gasteiger partial charge is 0.383 e. The van der Waals surface area contributed by atoms with Crippen molar-refractivity contribution in [1.29, 1.82) is 0 Å². The van der Waals surface area contributed by atoms with Crippen LogP contribution in [-0.2, 0) is 23.8 Å². The van der Waals surface area contributed by atoms with Gasteiger partial charge in [-0.05, 0) is 6.92 Å². The minimum Gasteiger partial charge on any atom is -0.383 e. The molecular formula is C11H22N2O5. The summed E-state index contributed by atoms with van der Waals surface area (Å²) >= 11 is 0. The van der Waals surface area contributed by atoms with Gasteiger partial charge < -0.3 is 24.8 Å². The van der Waals surface area contributed by atoms with Crippen LogP contribution in [0.4, 0.5) is 0 Å². The first-order chi connectivity index (χ1) is 8.61. The third kappa shape index (κ3) is 8.91. The lowest BCUT2D eigenvalue weighted by Gasteiger charge is -2.14. The van der Waals surface area contributed by atoms with Gasteiger partial charge in [0, 0.05) is 20.8 Å². The van der Waals surface area contributed by atoms with Gasteiger partial charge in [0.05, 0.1) is 19.8 Å². The third-order valence-corrected chi connectivity index (χ3v) is 2.04. The SMILES string of the molecule is COCCNC(=O)C(C)NC(=O)COCCOC. The number of ether oxygens (including phenoxy) is 3. The molecule has 2 amide bonds. The van der Waals surface area contributed by atoms with Gasteiger partial charge >= 0.3 is 0 Å². The summed E-state index contributed by atoms with van der Waals surface area (Å²) in [5.74, 6) is -0.585. The van der Waals surface area contributed by atoms with Crippen LogP contribution in [0.1, 0.15) is 6.92 Å². The fourth-order valence-corrected chi connectivity index (χ4v) is 1.09. The van der Waals surface area contributed by atoms with Crippen molar-refractivity contribution >= 4 is 11.8 Å². The van der Waals surface area contributed by atoms with Crippen LogP contribution >= 0.6 is 0 Å². The molecule has 0 saturated carbocycles. The number of carbonyl (C=O) groups is 2. The first-order valence-corrected chi connectivity index (χ1v) is 5.74. The molecule has 0 radical (unpaired) electrons. The van der Waals surface area contributed by atoms with Gasteiger partial charge in [-0.3, -0.25) is 9.59 Å². The van der Waals surface area contributed by atoms with E-state index < -0.39 is 6.04 Å². The molecule has 1 atom stereocenters. The van der Waals surface area contributed by atoms with Crippen molar-refractivity contribution < 1.29 is 23.8 Å². The van der Waals surface area contributed by atoms with Crippen molar-refractivity contribution in [3.63, 3.8) is 0 Å². The standard InChI is InChI=1S/C11H22N2O5/c1-9(11(15)12-4-5-16-2)13-10(14)8-18-7-6-17-3/h9H,4-8H2,1-3H3,(H,12,15)(H,13,14). The number of rotatable bonds is 10. The summed E-state index contributed by atoms with van der Waals surface area (Å²) < 4.78 is 14.6.